The van der Waals surface area contributed by atoms with E-state index in [1.165, 1.54) is 17.2 Å². The van der Waals surface area contributed by atoms with E-state index in [1.54, 1.807) is 0 Å². The molecule has 0 bridgehead atoms. The Balaban J connectivity index is 2.39. The molecule has 1 aliphatic rings. The van der Waals surface area contributed by atoms with Gasteiger partial charge in [-0.1, -0.05) is 34.6 Å². The molecule has 0 saturated carbocycles. The van der Waals surface area contributed by atoms with Crippen LogP contribution in [0.3, 0.4) is 0 Å². The van der Waals surface area contributed by atoms with Gasteiger partial charge in [0.05, 0.1) is 5.69 Å². The van der Waals surface area contributed by atoms with E-state index in [-0.39, 0.29) is 10.8 Å². The largest absolute Gasteiger partial charge is 0.331 e. The molecule has 0 aliphatic carbocycles. The second kappa shape index (κ2) is 5.73. The van der Waals surface area contributed by atoms with Crippen LogP contribution in [-0.2, 0) is 24.9 Å². The maximum atomic E-state index is 4.97. The third-order valence-electron chi connectivity index (χ3n) is 3.99. The van der Waals surface area contributed by atoms with Crippen LogP contribution in [0.1, 0.15) is 51.8 Å². The van der Waals surface area contributed by atoms with E-state index >= 15 is 0 Å². The molecule has 0 unspecified atom stereocenters. The van der Waals surface area contributed by atoms with Gasteiger partial charge in [0.1, 0.15) is 5.82 Å². The maximum absolute atomic E-state index is 4.97. The minimum Gasteiger partial charge on any atom is -0.331 e. The molecule has 120 valence electrons. The number of imidazole rings is 1. The summed E-state index contributed by atoms with van der Waals surface area (Å²) in [6, 6.07) is 0. The van der Waals surface area contributed by atoms with Crippen LogP contribution in [-0.4, -0.2) is 41.6 Å². The fourth-order valence-corrected chi connectivity index (χ4v) is 3.45. The molecule has 0 aromatic carbocycles. The second-order valence-corrected chi connectivity index (χ2v) is 8.49. The summed E-state index contributed by atoms with van der Waals surface area (Å²) >= 11 is 0. The molecule has 2 rings (SSSR count). The molecule has 0 atom stereocenters. The minimum absolute atomic E-state index is 0.0888. The van der Waals surface area contributed by atoms with Crippen LogP contribution < -0.4 is 5.32 Å². The molecular weight excluding hydrogens is 260 g/mol. The molecule has 1 aromatic rings. The van der Waals surface area contributed by atoms with Gasteiger partial charge in [-0.3, -0.25) is 0 Å². The normalized spacial score (nSPS) is 16.4. The summed E-state index contributed by atoms with van der Waals surface area (Å²) < 4.78 is 2.51. The number of fused-ring (bicyclic) bond motifs is 1. The lowest BCUT2D eigenvalue weighted by Crippen LogP contribution is -2.35. The molecule has 2 heterocycles. The van der Waals surface area contributed by atoms with Crippen molar-refractivity contribution in [2.24, 2.45) is 5.41 Å². The van der Waals surface area contributed by atoms with E-state index in [4.69, 9.17) is 4.98 Å². The van der Waals surface area contributed by atoms with Crippen LogP contribution in [0.25, 0.3) is 0 Å². The lowest BCUT2D eigenvalue weighted by Gasteiger charge is -2.32. The van der Waals surface area contributed by atoms with Crippen LogP contribution in [0.4, 0.5) is 0 Å². The van der Waals surface area contributed by atoms with Crippen molar-refractivity contribution in [2.45, 2.75) is 59.5 Å². The number of rotatable bonds is 4. The molecule has 1 N–H and O–H groups in total. The lowest BCUT2D eigenvalue weighted by atomic mass is 9.90. The van der Waals surface area contributed by atoms with Crippen molar-refractivity contribution >= 4 is 0 Å². The van der Waals surface area contributed by atoms with E-state index in [2.05, 4.69) is 63.5 Å². The Morgan fingerprint density at radius 1 is 1.19 bits per heavy atom. The Hall–Kier alpha value is -0.870. The SMILES string of the molecule is CN(C)CC(C)(C)Cn1c(C(C)(C)C)nc2c1CCNC2. The summed E-state index contributed by atoms with van der Waals surface area (Å²) in [6.45, 7) is 15.6. The van der Waals surface area contributed by atoms with Crippen molar-refractivity contribution in [3.63, 3.8) is 0 Å². The average molecular weight is 292 g/mol. The molecular formula is C17H32N4. The van der Waals surface area contributed by atoms with Crippen molar-refractivity contribution < 1.29 is 0 Å². The van der Waals surface area contributed by atoms with Gasteiger partial charge in [-0.15, -0.1) is 0 Å². The van der Waals surface area contributed by atoms with Crippen molar-refractivity contribution in [1.29, 1.82) is 0 Å². The number of nitrogens with one attached hydrogen (secondary N) is 1. The Morgan fingerprint density at radius 2 is 1.86 bits per heavy atom. The molecule has 1 aromatic heterocycles. The van der Waals surface area contributed by atoms with E-state index < -0.39 is 0 Å². The number of nitrogens with zero attached hydrogens (tertiary/aromatic N) is 3. The van der Waals surface area contributed by atoms with Crippen LogP contribution in [0.5, 0.6) is 0 Å². The summed E-state index contributed by atoms with van der Waals surface area (Å²) in [5.74, 6) is 1.24. The Labute approximate surface area is 129 Å². The Morgan fingerprint density at radius 3 is 2.43 bits per heavy atom. The second-order valence-electron chi connectivity index (χ2n) is 8.49. The van der Waals surface area contributed by atoms with E-state index in [9.17, 15) is 0 Å². The third kappa shape index (κ3) is 3.86. The van der Waals surface area contributed by atoms with Gasteiger partial charge in [-0.25, -0.2) is 4.98 Å². The van der Waals surface area contributed by atoms with Crippen molar-refractivity contribution in [3.05, 3.63) is 17.2 Å². The lowest BCUT2D eigenvalue weighted by molar-refractivity contribution is 0.205. The number of hydrogen-bond donors (Lipinski definition) is 1. The summed E-state index contributed by atoms with van der Waals surface area (Å²) in [5, 5.41) is 3.44. The zero-order valence-corrected chi connectivity index (χ0v) is 14.9. The number of hydrogen-bond acceptors (Lipinski definition) is 3. The standard InChI is InChI=1S/C17H32N4/c1-16(2,3)15-19-13-10-18-9-8-14(13)21(15)12-17(4,5)11-20(6)7/h18H,8-12H2,1-7H3. The maximum Gasteiger partial charge on any atom is 0.114 e. The van der Waals surface area contributed by atoms with Crippen LogP contribution in [0.15, 0.2) is 0 Å². The van der Waals surface area contributed by atoms with E-state index in [1.807, 2.05) is 0 Å². The van der Waals surface area contributed by atoms with Crippen molar-refractivity contribution in [3.8, 4) is 0 Å². The monoisotopic (exact) mass is 292 g/mol. The Kier molecular flexibility index (Phi) is 4.50. The zero-order chi connectivity index (χ0) is 15.8. The fraction of sp³-hybridized carbons (Fsp3) is 0.824. The van der Waals surface area contributed by atoms with Gasteiger partial charge >= 0.3 is 0 Å². The molecule has 0 radical (unpaired) electrons. The molecule has 0 spiro atoms. The van der Waals surface area contributed by atoms with Crippen molar-refractivity contribution in [1.82, 2.24) is 19.8 Å². The first kappa shape index (κ1) is 16.5. The van der Waals surface area contributed by atoms with Gasteiger partial charge in [-0.05, 0) is 19.5 Å². The Bertz CT molecular complexity index is 492. The topological polar surface area (TPSA) is 33.1 Å². The highest BCUT2D eigenvalue weighted by Gasteiger charge is 2.30. The van der Waals surface area contributed by atoms with Gasteiger partial charge in [0.2, 0.25) is 0 Å². The molecule has 0 fully saturated rings. The fourth-order valence-electron chi connectivity index (χ4n) is 3.45. The summed E-state index contributed by atoms with van der Waals surface area (Å²) in [4.78, 5) is 7.25. The molecule has 21 heavy (non-hydrogen) atoms. The van der Waals surface area contributed by atoms with Crippen LogP contribution in [0, 0.1) is 5.41 Å². The van der Waals surface area contributed by atoms with Crippen molar-refractivity contribution in [2.75, 3.05) is 27.2 Å². The van der Waals surface area contributed by atoms with Gasteiger partial charge in [0.15, 0.2) is 0 Å². The quantitative estimate of drug-likeness (QED) is 0.925. The molecule has 4 nitrogen and oxygen atoms in total. The highest BCUT2D eigenvalue weighted by atomic mass is 15.1. The summed E-state index contributed by atoms with van der Waals surface area (Å²) in [6.07, 6.45) is 1.09. The van der Waals surface area contributed by atoms with E-state index in [0.29, 0.717) is 0 Å². The minimum atomic E-state index is 0.0888. The summed E-state index contributed by atoms with van der Waals surface area (Å²) in [5.41, 5.74) is 3.03. The van der Waals surface area contributed by atoms with Crippen LogP contribution in [0.2, 0.25) is 0 Å². The van der Waals surface area contributed by atoms with Crippen LogP contribution >= 0.6 is 0 Å². The van der Waals surface area contributed by atoms with Gasteiger partial charge in [0, 0.05) is 43.7 Å². The van der Waals surface area contributed by atoms with Gasteiger partial charge in [-0.2, -0.15) is 0 Å². The highest BCUT2D eigenvalue weighted by molar-refractivity contribution is 5.24. The molecule has 4 heteroatoms. The average Bonchev–Trinajstić information content (AvgIpc) is 2.66. The number of aromatic nitrogens is 2. The first-order chi connectivity index (χ1) is 9.60. The van der Waals surface area contributed by atoms with E-state index in [0.717, 1.165) is 32.6 Å². The molecule has 1 aliphatic heterocycles. The first-order valence-corrected chi connectivity index (χ1v) is 8.04. The molecule has 0 amide bonds. The predicted octanol–water partition coefficient (Wildman–Crippen LogP) is 2.41. The van der Waals surface area contributed by atoms with Gasteiger partial charge < -0.3 is 14.8 Å². The van der Waals surface area contributed by atoms with Gasteiger partial charge in [0.25, 0.3) is 0 Å². The zero-order valence-electron chi connectivity index (χ0n) is 14.9. The summed E-state index contributed by atoms with van der Waals surface area (Å²) in [7, 11) is 4.30. The third-order valence-corrected chi connectivity index (χ3v) is 3.99. The smallest absolute Gasteiger partial charge is 0.114 e. The predicted molar refractivity (Wildman–Crippen MR) is 88.7 cm³/mol. The first-order valence-electron chi connectivity index (χ1n) is 8.04. The molecule has 0 saturated heterocycles. The highest BCUT2D eigenvalue weighted by Crippen LogP contribution is 2.30.